The number of rotatable bonds is 4. The molecule has 0 radical (unpaired) electrons. The van der Waals surface area contributed by atoms with Crippen molar-refractivity contribution in [1.82, 2.24) is 10.2 Å². The molecule has 1 fully saturated rings. The van der Waals surface area contributed by atoms with E-state index in [0.29, 0.717) is 12.5 Å². The van der Waals surface area contributed by atoms with Crippen LogP contribution in [-0.2, 0) is 11.3 Å². The molecule has 2 N–H and O–H groups in total. The van der Waals surface area contributed by atoms with E-state index in [2.05, 4.69) is 15.1 Å². The van der Waals surface area contributed by atoms with Gasteiger partial charge in [-0.3, -0.25) is 0 Å². The lowest BCUT2D eigenvalue weighted by Gasteiger charge is -2.32. The van der Waals surface area contributed by atoms with Crippen LogP contribution in [0.25, 0.3) is 0 Å². The molecule has 1 unspecified atom stereocenters. The molecular formula is C12H20N4O. The van der Waals surface area contributed by atoms with Gasteiger partial charge in [-0.05, 0) is 30.9 Å². The fraction of sp³-hybridized carbons (Fsp3) is 0.667. The smallest absolute Gasteiger partial charge is 0.151 e. The summed E-state index contributed by atoms with van der Waals surface area (Å²) in [6, 6.07) is 3.95. The third-order valence-corrected chi connectivity index (χ3v) is 3.16. The molecule has 1 saturated heterocycles. The van der Waals surface area contributed by atoms with Crippen LogP contribution in [0.5, 0.6) is 0 Å². The summed E-state index contributed by atoms with van der Waals surface area (Å²) in [6.45, 7) is 3.33. The van der Waals surface area contributed by atoms with Crippen molar-refractivity contribution in [3.8, 4) is 0 Å². The van der Waals surface area contributed by atoms with Gasteiger partial charge in [0.1, 0.15) is 0 Å². The lowest BCUT2D eigenvalue weighted by Crippen LogP contribution is -2.37. The van der Waals surface area contributed by atoms with Crippen LogP contribution >= 0.6 is 0 Å². The lowest BCUT2D eigenvalue weighted by molar-refractivity contribution is 0.143. The molecule has 0 aromatic carbocycles. The standard InChI is InChI=1S/C12H20N4O/c1-17-9-10-3-2-6-16(8-10)12-5-4-11(7-13)14-15-12/h4-5,10H,2-3,6-9,13H2,1H3. The topological polar surface area (TPSA) is 64.3 Å². The van der Waals surface area contributed by atoms with Crippen LogP contribution in [0.15, 0.2) is 12.1 Å². The van der Waals surface area contributed by atoms with Gasteiger partial charge < -0.3 is 15.4 Å². The summed E-state index contributed by atoms with van der Waals surface area (Å²) in [4.78, 5) is 2.28. The summed E-state index contributed by atoms with van der Waals surface area (Å²) >= 11 is 0. The lowest BCUT2D eigenvalue weighted by atomic mass is 9.99. The Morgan fingerprint density at radius 3 is 3.00 bits per heavy atom. The third kappa shape index (κ3) is 3.14. The number of nitrogens with two attached hydrogens (primary N) is 1. The van der Waals surface area contributed by atoms with E-state index in [9.17, 15) is 0 Å². The second kappa shape index (κ2) is 5.93. The highest BCUT2D eigenvalue weighted by atomic mass is 16.5. The molecule has 0 amide bonds. The first-order chi connectivity index (χ1) is 8.33. The Labute approximate surface area is 102 Å². The second-order valence-corrected chi connectivity index (χ2v) is 4.50. The zero-order valence-electron chi connectivity index (χ0n) is 10.3. The van der Waals surface area contributed by atoms with Gasteiger partial charge in [0.15, 0.2) is 5.82 Å². The minimum atomic E-state index is 0.444. The van der Waals surface area contributed by atoms with Crippen LogP contribution in [0.4, 0.5) is 5.82 Å². The minimum Gasteiger partial charge on any atom is -0.384 e. The number of hydrogen-bond acceptors (Lipinski definition) is 5. The van der Waals surface area contributed by atoms with Gasteiger partial charge >= 0.3 is 0 Å². The van der Waals surface area contributed by atoms with Crippen molar-refractivity contribution in [2.24, 2.45) is 11.7 Å². The highest BCUT2D eigenvalue weighted by molar-refractivity contribution is 5.37. The van der Waals surface area contributed by atoms with Gasteiger partial charge in [0.05, 0.1) is 12.3 Å². The van der Waals surface area contributed by atoms with Gasteiger partial charge in [-0.2, -0.15) is 5.10 Å². The summed E-state index contributed by atoms with van der Waals surface area (Å²) in [5.74, 6) is 1.55. The molecule has 1 aliphatic heterocycles. The molecule has 0 aliphatic carbocycles. The molecule has 1 aromatic heterocycles. The van der Waals surface area contributed by atoms with Crippen LogP contribution in [-0.4, -0.2) is 37.0 Å². The number of methoxy groups -OCH3 is 1. The maximum Gasteiger partial charge on any atom is 0.151 e. The van der Waals surface area contributed by atoms with E-state index >= 15 is 0 Å². The largest absolute Gasteiger partial charge is 0.384 e. The average molecular weight is 236 g/mol. The molecule has 1 aliphatic rings. The summed E-state index contributed by atoms with van der Waals surface area (Å²) in [5.41, 5.74) is 6.34. The van der Waals surface area contributed by atoms with E-state index in [0.717, 1.165) is 31.2 Å². The van der Waals surface area contributed by atoms with Gasteiger partial charge in [0.25, 0.3) is 0 Å². The Morgan fingerprint density at radius 1 is 1.47 bits per heavy atom. The van der Waals surface area contributed by atoms with Gasteiger partial charge in [0.2, 0.25) is 0 Å². The van der Waals surface area contributed by atoms with Crippen molar-refractivity contribution >= 4 is 5.82 Å². The first-order valence-corrected chi connectivity index (χ1v) is 6.10. The molecule has 2 heterocycles. The molecule has 0 bridgehead atoms. The van der Waals surface area contributed by atoms with Crippen molar-refractivity contribution in [1.29, 1.82) is 0 Å². The monoisotopic (exact) mass is 236 g/mol. The Bertz CT molecular complexity index is 339. The predicted molar refractivity (Wildman–Crippen MR) is 66.7 cm³/mol. The number of ether oxygens (including phenoxy) is 1. The highest BCUT2D eigenvalue weighted by Crippen LogP contribution is 2.21. The maximum absolute atomic E-state index is 5.51. The number of anilines is 1. The number of aromatic nitrogens is 2. The van der Waals surface area contributed by atoms with E-state index in [1.54, 1.807) is 7.11 Å². The molecule has 5 nitrogen and oxygen atoms in total. The normalized spacial score (nSPS) is 20.6. The molecule has 5 heteroatoms. The minimum absolute atomic E-state index is 0.444. The van der Waals surface area contributed by atoms with Crippen molar-refractivity contribution in [2.45, 2.75) is 19.4 Å². The van der Waals surface area contributed by atoms with Crippen molar-refractivity contribution < 1.29 is 4.74 Å². The van der Waals surface area contributed by atoms with Crippen LogP contribution in [0.2, 0.25) is 0 Å². The number of hydrogen-bond donors (Lipinski definition) is 1. The Balaban J connectivity index is 2.00. The Hall–Kier alpha value is -1.20. The van der Waals surface area contributed by atoms with Crippen LogP contribution in [0.1, 0.15) is 18.5 Å². The summed E-state index contributed by atoms with van der Waals surface area (Å²) < 4.78 is 5.22. The third-order valence-electron chi connectivity index (χ3n) is 3.16. The van der Waals surface area contributed by atoms with E-state index in [4.69, 9.17) is 10.5 Å². The summed E-state index contributed by atoms with van der Waals surface area (Å²) in [7, 11) is 1.76. The van der Waals surface area contributed by atoms with Crippen molar-refractivity contribution in [3.63, 3.8) is 0 Å². The molecular weight excluding hydrogens is 216 g/mol. The Kier molecular flexibility index (Phi) is 4.28. The van der Waals surface area contributed by atoms with Crippen molar-refractivity contribution in [2.75, 3.05) is 31.7 Å². The van der Waals surface area contributed by atoms with Gasteiger partial charge in [-0.15, -0.1) is 5.10 Å². The molecule has 17 heavy (non-hydrogen) atoms. The van der Waals surface area contributed by atoms with Gasteiger partial charge in [0, 0.05) is 26.7 Å². The zero-order chi connectivity index (χ0) is 12.1. The van der Waals surface area contributed by atoms with Crippen LogP contribution in [0, 0.1) is 5.92 Å². The first kappa shape index (κ1) is 12.3. The fourth-order valence-corrected chi connectivity index (χ4v) is 2.28. The quantitative estimate of drug-likeness (QED) is 0.837. The van der Waals surface area contributed by atoms with Crippen molar-refractivity contribution in [3.05, 3.63) is 17.8 Å². The van der Waals surface area contributed by atoms with E-state index in [-0.39, 0.29) is 0 Å². The van der Waals surface area contributed by atoms with Gasteiger partial charge in [-0.25, -0.2) is 0 Å². The maximum atomic E-state index is 5.51. The number of nitrogens with zero attached hydrogens (tertiary/aromatic N) is 3. The molecule has 94 valence electrons. The second-order valence-electron chi connectivity index (χ2n) is 4.50. The first-order valence-electron chi connectivity index (χ1n) is 6.10. The van der Waals surface area contributed by atoms with E-state index in [1.807, 2.05) is 12.1 Å². The summed E-state index contributed by atoms with van der Waals surface area (Å²) in [6.07, 6.45) is 2.42. The zero-order valence-corrected chi connectivity index (χ0v) is 10.3. The molecule has 1 aromatic rings. The van der Waals surface area contributed by atoms with Crippen LogP contribution < -0.4 is 10.6 Å². The molecule has 0 spiro atoms. The fourth-order valence-electron chi connectivity index (χ4n) is 2.28. The predicted octanol–water partition coefficient (Wildman–Crippen LogP) is 0.798. The molecule has 0 saturated carbocycles. The van der Waals surface area contributed by atoms with E-state index in [1.165, 1.54) is 12.8 Å². The average Bonchev–Trinajstić information content (AvgIpc) is 2.40. The SMILES string of the molecule is COCC1CCCN(c2ccc(CN)nn2)C1. The van der Waals surface area contributed by atoms with E-state index < -0.39 is 0 Å². The number of piperidine rings is 1. The molecule has 1 atom stereocenters. The summed E-state index contributed by atoms with van der Waals surface area (Å²) in [5, 5.41) is 8.32. The van der Waals surface area contributed by atoms with Crippen LogP contribution in [0.3, 0.4) is 0 Å². The Morgan fingerprint density at radius 2 is 2.35 bits per heavy atom. The van der Waals surface area contributed by atoms with Gasteiger partial charge in [-0.1, -0.05) is 0 Å². The highest BCUT2D eigenvalue weighted by Gasteiger charge is 2.20. The molecule has 2 rings (SSSR count).